The lowest BCUT2D eigenvalue weighted by Crippen LogP contribution is -1.97. The first-order valence-electron chi connectivity index (χ1n) is 4.91. The smallest absolute Gasteiger partial charge is 0.0521 e. The Morgan fingerprint density at radius 3 is 2.85 bits per heavy atom. The summed E-state index contributed by atoms with van der Waals surface area (Å²) in [6.07, 6.45) is 7.63. The van der Waals surface area contributed by atoms with E-state index in [-0.39, 0.29) is 0 Å². The highest BCUT2D eigenvalue weighted by Gasteiger charge is 2.02. The molecule has 0 spiro atoms. The molecule has 1 rings (SSSR count). The highest BCUT2D eigenvalue weighted by atomic mass is 79.9. The molecule has 1 heterocycles. The minimum absolute atomic E-state index is 0.650. The van der Waals surface area contributed by atoms with Crippen molar-refractivity contribution in [3.8, 4) is 0 Å². The van der Waals surface area contributed by atoms with Crippen molar-refractivity contribution >= 4 is 15.9 Å². The highest BCUT2D eigenvalue weighted by Crippen LogP contribution is 2.13. The van der Waals surface area contributed by atoms with E-state index >= 15 is 0 Å². The predicted molar refractivity (Wildman–Crippen MR) is 59.2 cm³/mol. The van der Waals surface area contributed by atoms with Gasteiger partial charge in [0.05, 0.1) is 6.20 Å². The Morgan fingerprint density at radius 1 is 1.54 bits per heavy atom. The molecule has 0 saturated heterocycles. The first kappa shape index (κ1) is 10.8. The van der Waals surface area contributed by atoms with Gasteiger partial charge in [0.15, 0.2) is 0 Å². The lowest BCUT2D eigenvalue weighted by atomic mass is 10.1. The van der Waals surface area contributed by atoms with Crippen molar-refractivity contribution in [1.29, 1.82) is 0 Å². The van der Waals surface area contributed by atoms with Crippen LogP contribution in [0.15, 0.2) is 12.4 Å². The number of halogens is 1. The van der Waals surface area contributed by atoms with Crippen LogP contribution in [-0.2, 0) is 13.0 Å². The number of hydrogen-bond acceptors (Lipinski definition) is 1. The van der Waals surface area contributed by atoms with E-state index in [1.54, 1.807) is 0 Å². The van der Waals surface area contributed by atoms with Gasteiger partial charge in [0.1, 0.15) is 0 Å². The Kier molecular flexibility index (Phi) is 4.50. The molecule has 0 aliphatic heterocycles. The van der Waals surface area contributed by atoms with E-state index in [1.807, 2.05) is 10.9 Å². The predicted octanol–water partition coefficient (Wildman–Crippen LogP) is 3.01. The number of alkyl halides is 1. The van der Waals surface area contributed by atoms with Crippen molar-refractivity contribution in [1.82, 2.24) is 9.78 Å². The molecule has 2 nitrogen and oxygen atoms in total. The highest BCUT2D eigenvalue weighted by molar-refractivity contribution is 9.09. The molecule has 1 atom stereocenters. The molecule has 0 saturated carbocycles. The zero-order valence-electron chi connectivity index (χ0n) is 8.33. The Hall–Kier alpha value is -0.310. The lowest BCUT2D eigenvalue weighted by molar-refractivity contribution is 0.658. The van der Waals surface area contributed by atoms with Crippen LogP contribution in [-0.4, -0.2) is 14.6 Å². The molecule has 0 aliphatic carbocycles. The summed E-state index contributed by atoms with van der Waals surface area (Å²) in [7, 11) is 0. The molecule has 1 aromatic rings. The molecule has 0 amide bonds. The van der Waals surface area contributed by atoms with Gasteiger partial charge in [-0.2, -0.15) is 5.10 Å². The summed E-state index contributed by atoms with van der Waals surface area (Å²) in [6.45, 7) is 5.27. The average molecular weight is 245 g/mol. The van der Waals surface area contributed by atoms with Crippen LogP contribution in [0.1, 0.15) is 32.3 Å². The van der Waals surface area contributed by atoms with E-state index in [2.05, 4.69) is 41.1 Å². The van der Waals surface area contributed by atoms with Crippen LogP contribution in [0.3, 0.4) is 0 Å². The molecule has 0 aromatic carbocycles. The van der Waals surface area contributed by atoms with E-state index in [0.717, 1.165) is 13.0 Å². The largest absolute Gasteiger partial charge is 0.273 e. The number of aromatic nitrogens is 2. The molecule has 0 N–H and O–H groups in total. The van der Waals surface area contributed by atoms with Gasteiger partial charge >= 0.3 is 0 Å². The first-order chi connectivity index (χ1) is 6.26. The fourth-order valence-corrected chi connectivity index (χ4v) is 1.46. The first-order valence-corrected chi connectivity index (χ1v) is 5.83. The van der Waals surface area contributed by atoms with Crippen LogP contribution in [0.5, 0.6) is 0 Å². The quantitative estimate of drug-likeness (QED) is 0.729. The maximum atomic E-state index is 4.24. The van der Waals surface area contributed by atoms with Crippen LogP contribution in [0.4, 0.5) is 0 Å². The summed E-state index contributed by atoms with van der Waals surface area (Å²) in [5.74, 6) is 0. The van der Waals surface area contributed by atoms with Gasteiger partial charge in [0, 0.05) is 17.6 Å². The normalized spacial score (nSPS) is 13.2. The second-order valence-electron chi connectivity index (χ2n) is 3.25. The molecular formula is C10H17BrN2. The van der Waals surface area contributed by atoms with E-state index in [0.29, 0.717) is 4.83 Å². The van der Waals surface area contributed by atoms with Crippen LogP contribution in [0.25, 0.3) is 0 Å². The molecule has 3 heteroatoms. The molecule has 0 radical (unpaired) electrons. The molecule has 74 valence electrons. The minimum atomic E-state index is 0.650. The van der Waals surface area contributed by atoms with Crippen LogP contribution in [0, 0.1) is 0 Å². The fraction of sp³-hybridized carbons (Fsp3) is 0.700. The number of rotatable bonds is 5. The topological polar surface area (TPSA) is 17.8 Å². The van der Waals surface area contributed by atoms with Crippen LogP contribution >= 0.6 is 15.9 Å². The molecule has 13 heavy (non-hydrogen) atoms. The van der Waals surface area contributed by atoms with E-state index in [9.17, 15) is 0 Å². The van der Waals surface area contributed by atoms with Gasteiger partial charge in [0.25, 0.3) is 0 Å². The van der Waals surface area contributed by atoms with Crippen molar-refractivity contribution in [2.24, 2.45) is 0 Å². The molecule has 1 unspecified atom stereocenters. The van der Waals surface area contributed by atoms with Crippen molar-refractivity contribution in [3.05, 3.63) is 18.0 Å². The van der Waals surface area contributed by atoms with Crippen molar-refractivity contribution in [3.63, 3.8) is 0 Å². The average Bonchev–Trinajstić information content (AvgIpc) is 2.61. The third-order valence-electron chi connectivity index (χ3n) is 2.20. The molecular weight excluding hydrogens is 228 g/mol. The maximum absolute atomic E-state index is 4.24. The molecule has 1 aromatic heterocycles. The monoisotopic (exact) mass is 244 g/mol. The second-order valence-corrected chi connectivity index (χ2v) is 4.54. The summed E-state index contributed by atoms with van der Waals surface area (Å²) in [6, 6.07) is 0. The second kappa shape index (κ2) is 5.43. The Morgan fingerprint density at radius 2 is 2.31 bits per heavy atom. The zero-order chi connectivity index (χ0) is 9.68. The number of aryl methyl sites for hydroxylation is 2. The van der Waals surface area contributed by atoms with Gasteiger partial charge in [0.2, 0.25) is 0 Å². The summed E-state index contributed by atoms with van der Waals surface area (Å²) in [4.78, 5) is 0.650. The van der Waals surface area contributed by atoms with Gasteiger partial charge in [-0.15, -0.1) is 0 Å². The molecule has 0 fully saturated rings. The molecule has 0 aliphatic rings. The van der Waals surface area contributed by atoms with Crippen molar-refractivity contribution < 1.29 is 0 Å². The number of hydrogen-bond donors (Lipinski definition) is 0. The van der Waals surface area contributed by atoms with E-state index < -0.39 is 0 Å². The Balaban J connectivity index is 2.36. The third-order valence-corrected chi connectivity index (χ3v) is 3.31. The van der Waals surface area contributed by atoms with E-state index in [4.69, 9.17) is 0 Å². The van der Waals surface area contributed by atoms with E-state index in [1.165, 1.54) is 18.4 Å². The summed E-state index contributed by atoms with van der Waals surface area (Å²) >= 11 is 3.63. The van der Waals surface area contributed by atoms with Crippen LogP contribution in [0.2, 0.25) is 0 Å². The third kappa shape index (κ3) is 3.51. The van der Waals surface area contributed by atoms with Gasteiger partial charge in [-0.1, -0.05) is 22.9 Å². The summed E-state index contributed by atoms with van der Waals surface area (Å²) in [5.41, 5.74) is 1.35. The van der Waals surface area contributed by atoms with Gasteiger partial charge in [-0.25, -0.2) is 0 Å². The van der Waals surface area contributed by atoms with Crippen LogP contribution < -0.4 is 0 Å². The van der Waals surface area contributed by atoms with Crippen molar-refractivity contribution in [2.45, 2.75) is 44.5 Å². The van der Waals surface area contributed by atoms with Gasteiger partial charge in [-0.05, 0) is 31.7 Å². The summed E-state index contributed by atoms with van der Waals surface area (Å²) < 4.78 is 1.98. The summed E-state index contributed by atoms with van der Waals surface area (Å²) in [5, 5.41) is 4.24. The van der Waals surface area contributed by atoms with Gasteiger partial charge in [-0.3, -0.25) is 4.68 Å². The minimum Gasteiger partial charge on any atom is -0.273 e. The fourth-order valence-electron chi connectivity index (χ4n) is 1.24. The Bertz CT molecular complexity index is 245. The number of nitrogens with zero attached hydrogens (tertiary/aromatic N) is 2. The molecule has 0 bridgehead atoms. The SMILES string of the molecule is CCC(Br)CCc1cnn(CC)c1. The zero-order valence-corrected chi connectivity index (χ0v) is 9.92. The van der Waals surface area contributed by atoms with Gasteiger partial charge < -0.3 is 0 Å². The van der Waals surface area contributed by atoms with Crippen molar-refractivity contribution in [2.75, 3.05) is 0 Å². The maximum Gasteiger partial charge on any atom is 0.0521 e. The Labute approximate surface area is 88.5 Å². The lowest BCUT2D eigenvalue weighted by Gasteiger charge is -2.03. The standard InChI is InChI=1S/C10H17BrN2/c1-3-10(11)6-5-9-7-12-13(4-2)8-9/h7-8,10H,3-6H2,1-2H3.